The van der Waals surface area contributed by atoms with Gasteiger partial charge >= 0.3 is 0 Å². The summed E-state index contributed by atoms with van der Waals surface area (Å²) in [7, 11) is 1.66. The lowest BCUT2D eigenvalue weighted by molar-refractivity contribution is 0.177. The first-order valence-corrected chi connectivity index (χ1v) is 10.2. The quantitative estimate of drug-likeness (QED) is 0.444. The monoisotopic (exact) mass is 409 g/mol. The van der Waals surface area contributed by atoms with Gasteiger partial charge in [0, 0.05) is 44.7 Å². The zero-order chi connectivity index (χ0) is 20.8. The lowest BCUT2D eigenvalue weighted by Gasteiger charge is -2.25. The Labute approximate surface area is 175 Å². The van der Waals surface area contributed by atoms with E-state index in [0.717, 1.165) is 54.9 Å². The maximum absolute atomic E-state index is 5.14. The van der Waals surface area contributed by atoms with Crippen molar-refractivity contribution < 1.29 is 4.74 Å². The number of pyridine rings is 1. The maximum atomic E-state index is 5.14. The van der Waals surface area contributed by atoms with E-state index in [1.165, 1.54) is 0 Å². The summed E-state index contributed by atoms with van der Waals surface area (Å²) in [5, 5.41) is 15.6. The number of rotatable bonds is 7. The van der Waals surface area contributed by atoms with Gasteiger partial charge in [0.1, 0.15) is 12.4 Å². The van der Waals surface area contributed by atoms with E-state index in [-0.39, 0.29) is 6.04 Å². The summed E-state index contributed by atoms with van der Waals surface area (Å²) >= 11 is 0. The van der Waals surface area contributed by atoms with E-state index < -0.39 is 0 Å². The number of hydrogen-bond donors (Lipinski definition) is 2. The Morgan fingerprint density at radius 1 is 1.37 bits per heavy atom. The molecule has 10 nitrogen and oxygen atoms in total. The first kappa shape index (κ1) is 20.0. The molecule has 1 unspecified atom stereocenters. The van der Waals surface area contributed by atoms with Crippen LogP contribution in [0.5, 0.6) is 0 Å². The van der Waals surface area contributed by atoms with Crippen molar-refractivity contribution in [1.82, 2.24) is 40.2 Å². The highest BCUT2D eigenvalue weighted by atomic mass is 16.5. The molecule has 30 heavy (non-hydrogen) atoms. The number of nitrogens with zero attached hydrogens (tertiary/aromatic N) is 7. The van der Waals surface area contributed by atoms with Gasteiger partial charge in [0.05, 0.1) is 13.1 Å². The van der Waals surface area contributed by atoms with Crippen LogP contribution in [0.4, 0.5) is 0 Å². The van der Waals surface area contributed by atoms with Crippen molar-refractivity contribution in [2.45, 2.75) is 45.5 Å². The second kappa shape index (κ2) is 9.49. The van der Waals surface area contributed by atoms with E-state index in [4.69, 9.17) is 9.73 Å². The Balaban J connectivity index is 1.41. The summed E-state index contributed by atoms with van der Waals surface area (Å²) in [6.45, 7) is 4.60. The van der Waals surface area contributed by atoms with Crippen LogP contribution in [0.3, 0.4) is 0 Å². The van der Waals surface area contributed by atoms with Crippen LogP contribution < -0.4 is 10.6 Å². The molecule has 0 aliphatic carbocycles. The third kappa shape index (κ3) is 4.82. The van der Waals surface area contributed by atoms with Crippen LogP contribution in [-0.2, 0) is 30.9 Å². The van der Waals surface area contributed by atoms with Crippen molar-refractivity contribution in [1.29, 1.82) is 0 Å². The number of hydrogen-bond acceptors (Lipinski definition) is 6. The molecule has 1 aliphatic heterocycles. The summed E-state index contributed by atoms with van der Waals surface area (Å²) in [4.78, 5) is 13.7. The van der Waals surface area contributed by atoms with Gasteiger partial charge in [0.15, 0.2) is 17.6 Å². The second-order valence-electron chi connectivity index (χ2n) is 7.11. The van der Waals surface area contributed by atoms with E-state index in [1.807, 2.05) is 29.1 Å². The smallest absolute Gasteiger partial charge is 0.191 e. The van der Waals surface area contributed by atoms with Crippen LogP contribution in [0.25, 0.3) is 5.82 Å². The SMILES string of the molecule is CCNC(=NCc1ccnc(-n2cccn2)c1)NC1CCc2nc(COC)nn2C1. The largest absolute Gasteiger partial charge is 0.377 e. The molecule has 3 aromatic rings. The van der Waals surface area contributed by atoms with Gasteiger partial charge in [-0.15, -0.1) is 0 Å². The summed E-state index contributed by atoms with van der Waals surface area (Å²) in [6.07, 6.45) is 7.26. The van der Waals surface area contributed by atoms with Gasteiger partial charge in [0.25, 0.3) is 0 Å². The Morgan fingerprint density at radius 3 is 3.10 bits per heavy atom. The molecule has 0 radical (unpaired) electrons. The lowest BCUT2D eigenvalue weighted by Crippen LogP contribution is -2.47. The Hall–Kier alpha value is -3.27. The molecule has 0 saturated heterocycles. The van der Waals surface area contributed by atoms with Gasteiger partial charge in [0.2, 0.25) is 0 Å². The topological polar surface area (TPSA) is 107 Å². The molecule has 0 fully saturated rings. The number of methoxy groups -OCH3 is 1. The molecule has 2 N–H and O–H groups in total. The number of aliphatic imine (C=N–C) groups is 1. The minimum atomic E-state index is 0.240. The predicted octanol–water partition coefficient (Wildman–Crippen LogP) is 1.08. The fourth-order valence-corrected chi connectivity index (χ4v) is 3.44. The number of aryl methyl sites for hydroxylation is 1. The van der Waals surface area contributed by atoms with Crippen LogP contribution in [0.1, 0.15) is 30.6 Å². The molecule has 0 bridgehead atoms. The molecule has 0 aromatic carbocycles. The van der Waals surface area contributed by atoms with Crippen molar-refractivity contribution in [3.8, 4) is 5.82 Å². The molecule has 158 valence electrons. The lowest BCUT2D eigenvalue weighted by atomic mass is 10.1. The van der Waals surface area contributed by atoms with Crippen LogP contribution in [0.2, 0.25) is 0 Å². The number of nitrogens with one attached hydrogen (secondary N) is 2. The molecule has 10 heteroatoms. The molecule has 0 amide bonds. The Morgan fingerprint density at radius 2 is 2.30 bits per heavy atom. The molecule has 1 aliphatic rings. The fraction of sp³-hybridized carbons (Fsp3) is 0.450. The highest BCUT2D eigenvalue weighted by molar-refractivity contribution is 5.80. The van der Waals surface area contributed by atoms with Gasteiger partial charge < -0.3 is 15.4 Å². The number of aromatic nitrogens is 6. The molecule has 4 heterocycles. The molecule has 4 rings (SSSR count). The standard InChI is InChI=1S/C20H27N9O/c1-3-21-20(23-12-15-7-9-22-19(11-15)28-10-4-8-24-28)25-16-5-6-18-26-17(14-30-2)27-29(18)13-16/h4,7-11,16H,3,5-6,12-14H2,1-2H3,(H2,21,23,25). The second-order valence-corrected chi connectivity index (χ2v) is 7.11. The zero-order valence-electron chi connectivity index (χ0n) is 17.3. The maximum Gasteiger partial charge on any atom is 0.191 e. The normalized spacial score (nSPS) is 16.3. The van der Waals surface area contributed by atoms with Crippen molar-refractivity contribution in [2.24, 2.45) is 4.99 Å². The van der Waals surface area contributed by atoms with Crippen molar-refractivity contribution in [3.05, 3.63) is 54.0 Å². The highest BCUT2D eigenvalue weighted by Gasteiger charge is 2.22. The molecular weight excluding hydrogens is 382 g/mol. The average molecular weight is 409 g/mol. The van der Waals surface area contributed by atoms with E-state index in [9.17, 15) is 0 Å². The Kier molecular flexibility index (Phi) is 6.33. The minimum Gasteiger partial charge on any atom is -0.377 e. The van der Waals surface area contributed by atoms with Crippen molar-refractivity contribution >= 4 is 5.96 Å². The zero-order valence-corrected chi connectivity index (χ0v) is 17.3. The number of ether oxygens (including phenoxy) is 1. The third-order valence-corrected chi connectivity index (χ3v) is 4.83. The third-order valence-electron chi connectivity index (χ3n) is 4.83. The van der Waals surface area contributed by atoms with Crippen molar-refractivity contribution in [2.75, 3.05) is 13.7 Å². The summed E-state index contributed by atoms with van der Waals surface area (Å²) in [5.41, 5.74) is 1.07. The van der Waals surface area contributed by atoms with Gasteiger partial charge in [-0.3, -0.25) is 0 Å². The van der Waals surface area contributed by atoms with Gasteiger partial charge in [-0.05, 0) is 37.1 Å². The summed E-state index contributed by atoms with van der Waals surface area (Å²) in [5.74, 6) is 3.33. The van der Waals surface area contributed by atoms with E-state index in [0.29, 0.717) is 13.2 Å². The minimum absolute atomic E-state index is 0.240. The van der Waals surface area contributed by atoms with Crippen molar-refractivity contribution in [3.63, 3.8) is 0 Å². The van der Waals surface area contributed by atoms with Crippen LogP contribution in [-0.4, -0.2) is 55.2 Å². The highest BCUT2D eigenvalue weighted by Crippen LogP contribution is 2.14. The molecule has 0 saturated carbocycles. The fourth-order valence-electron chi connectivity index (χ4n) is 3.44. The first-order chi connectivity index (χ1) is 14.7. The van der Waals surface area contributed by atoms with Gasteiger partial charge in [-0.1, -0.05) is 0 Å². The first-order valence-electron chi connectivity index (χ1n) is 10.2. The molecule has 0 spiro atoms. The summed E-state index contributed by atoms with van der Waals surface area (Å²) < 4.78 is 8.85. The molecule has 3 aromatic heterocycles. The van der Waals surface area contributed by atoms with E-state index in [2.05, 4.69) is 37.7 Å². The predicted molar refractivity (Wildman–Crippen MR) is 112 cm³/mol. The van der Waals surface area contributed by atoms with E-state index in [1.54, 1.807) is 24.2 Å². The van der Waals surface area contributed by atoms with Gasteiger partial charge in [-0.2, -0.15) is 10.2 Å². The van der Waals surface area contributed by atoms with Crippen LogP contribution >= 0.6 is 0 Å². The Bertz CT molecular complexity index is 980. The van der Waals surface area contributed by atoms with Crippen LogP contribution in [0, 0.1) is 0 Å². The number of fused-ring (bicyclic) bond motifs is 1. The van der Waals surface area contributed by atoms with E-state index >= 15 is 0 Å². The molecular formula is C20H27N9O. The van der Waals surface area contributed by atoms with Crippen LogP contribution in [0.15, 0.2) is 41.8 Å². The summed E-state index contributed by atoms with van der Waals surface area (Å²) in [6, 6.07) is 6.09. The van der Waals surface area contributed by atoms with Gasteiger partial charge in [-0.25, -0.2) is 24.3 Å². The number of guanidine groups is 1. The molecule has 1 atom stereocenters. The average Bonchev–Trinajstić information content (AvgIpc) is 3.42.